The van der Waals surface area contributed by atoms with Crippen LogP contribution < -0.4 is 5.32 Å². The van der Waals surface area contributed by atoms with Crippen LogP contribution in [0.5, 0.6) is 0 Å². The average Bonchev–Trinajstić information content (AvgIpc) is 2.52. The smallest absolute Gasteiger partial charge is 0.137 e. The van der Waals surface area contributed by atoms with Gasteiger partial charge in [-0.15, -0.1) is 0 Å². The molecule has 22 heavy (non-hydrogen) atoms. The molecule has 0 radical (unpaired) electrons. The summed E-state index contributed by atoms with van der Waals surface area (Å²) in [6.07, 6.45) is 0.750. The van der Waals surface area contributed by atoms with Gasteiger partial charge in [-0.05, 0) is 30.7 Å². The van der Waals surface area contributed by atoms with E-state index in [0.29, 0.717) is 16.7 Å². The lowest BCUT2D eigenvalue weighted by atomic mass is 10.1. The summed E-state index contributed by atoms with van der Waals surface area (Å²) >= 11 is 0. The predicted octanol–water partition coefficient (Wildman–Crippen LogP) is 3.22. The van der Waals surface area contributed by atoms with Crippen LogP contribution in [0.1, 0.15) is 17.2 Å². The van der Waals surface area contributed by atoms with Crippen LogP contribution in [0, 0.1) is 12.7 Å². The van der Waals surface area contributed by atoms with Gasteiger partial charge >= 0.3 is 0 Å². The Morgan fingerprint density at radius 2 is 2.05 bits per heavy atom. The van der Waals surface area contributed by atoms with Crippen molar-refractivity contribution in [3.8, 4) is 0 Å². The van der Waals surface area contributed by atoms with Crippen molar-refractivity contribution in [3.63, 3.8) is 0 Å². The van der Waals surface area contributed by atoms with Gasteiger partial charge in [0.2, 0.25) is 0 Å². The maximum absolute atomic E-state index is 13.4. The minimum Gasteiger partial charge on any atom is -0.387 e. The molecule has 112 valence electrons. The van der Waals surface area contributed by atoms with Gasteiger partial charge in [-0.2, -0.15) is 0 Å². The molecule has 0 saturated carbocycles. The summed E-state index contributed by atoms with van der Waals surface area (Å²) in [4.78, 5) is 8.23. The van der Waals surface area contributed by atoms with E-state index in [2.05, 4.69) is 15.3 Å². The number of anilines is 1. The SMILES string of the molecule is Cc1cccc(C(O)CNc2ncnc3ccc(F)cc23)c1. The summed E-state index contributed by atoms with van der Waals surface area (Å²) in [6, 6.07) is 12.0. The average molecular weight is 297 g/mol. The summed E-state index contributed by atoms with van der Waals surface area (Å²) in [5.74, 6) is 0.167. The minimum atomic E-state index is -0.668. The van der Waals surface area contributed by atoms with E-state index in [-0.39, 0.29) is 12.4 Å². The van der Waals surface area contributed by atoms with E-state index >= 15 is 0 Å². The quantitative estimate of drug-likeness (QED) is 0.776. The monoisotopic (exact) mass is 297 g/mol. The second kappa shape index (κ2) is 6.07. The van der Waals surface area contributed by atoms with Crippen LogP contribution in [-0.2, 0) is 0 Å². The third kappa shape index (κ3) is 3.04. The summed E-state index contributed by atoms with van der Waals surface area (Å²) in [6.45, 7) is 2.26. The van der Waals surface area contributed by atoms with E-state index in [1.807, 2.05) is 31.2 Å². The Morgan fingerprint density at radius 1 is 1.18 bits per heavy atom. The Morgan fingerprint density at radius 3 is 2.86 bits per heavy atom. The van der Waals surface area contributed by atoms with Crippen molar-refractivity contribution < 1.29 is 9.50 Å². The molecule has 2 aromatic carbocycles. The molecule has 1 heterocycles. The lowest BCUT2D eigenvalue weighted by molar-refractivity contribution is 0.191. The van der Waals surface area contributed by atoms with E-state index in [1.165, 1.54) is 18.5 Å². The van der Waals surface area contributed by atoms with E-state index in [1.54, 1.807) is 6.07 Å². The number of hydrogen-bond donors (Lipinski definition) is 2. The lowest BCUT2D eigenvalue weighted by Gasteiger charge is -2.14. The van der Waals surface area contributed by atoms with Crippen molar-refractivity contribution in [2.45, 2.75) is 13.0 Å². The van der Waals surface area contributed by atoms with Crippen molar-refractivity contribution >= 4 is 16.7 Å². The fraction of sp³-hybridized carbons (Fsp3) is 0.176. The zero-order valence-electron chi connectivity index (χ0n) is 12.1. The highest BCUT2D eigenvalue weighted by Crippen LogP contribution is 2.21. The van der Waals surface area contributed by atoms with Crippen molar-refractivity contribution in [1.29, 1.82) is 0 Å². The first kappa shape index (κ1) is 14.4. The number of benzene rings is 2. The summed E-state index contributed by atoms with van der Waals surface area (Å²) in [7, 11) is 0. The van der Waals surface area contributed by atoms with Gasteiger partial charge in [0.05, 0.1) is 11.6 Å². The topological polar surface area (TPSA) is 58.0 Å². The highest BCUT2D eigenvalue weighted by Gasteiger charge is 2.10. The van der Waals surface area contributed by atoms with Crippen LogP contribution in [-0.4, -0.2) is 21.6 Å². The maximum atomic E-state index is 13.4. The number of aliphatic hydroxyl groups is 1. The fourth-order valence-corrected chi connectivity index (χ4v) is 2.36. The number of hydrogen-bond acceptors (Lipinski definition) is 4. The Labute approximate surface area is 127 Å². The number of aliphatic hydroxyl groups excluding tert-OH is 1. The molecule has 0 amide bonds. The van der Waals surface area contributed by atoms with E-state index < -0.39 is 6.10 Å². The highest BCUT2D eigenvalue weighted by molar-refractivity contribution is 5.88. The van der Waals surface area contributed by atoms with Gasteiger partial charge < -0.3 is 10.4 Å². The molecule has 0 aliphatic rings. The van der Waals surface area contributed by atoms with Crippen LogP contribution in [0.25, 0.3) is 10.9 Å². The Balaban J connectivity index is 1.80. The summed E-state index contributed by atoms with van der Waals surface area (Å²) < 4.78 is 13.4. The first-order valence-corrected chi connectivity index (χ1v) is 7.02. The highest BCUT2D eigenvalue weighted by atomic mass is 19.1. The normalized spacial score (nSPS) is 12.3. The molecule has 2 N–H and O–H groups in total. The molecule has 0 bridgehead atoms. The number of aromatic nitrogens is 2. The molecule has 1 atom stereocenters. The number of nitrogens with zero attached hydrogens (tertiary/aromatic N) is 2. The third-order valence-electron chi connectivity index (χ3n) is 3.49. The van der Waals surface area contributed by atoms with Crippen LogP contribution in [0.3, 0.4) is 0 Å². The summed E-state index contributed by atoms with van der Waals surface area (Å²) in [5.41, 5.74) is 2.58. The molecule has 3 aromatic rings. The van der Waals surface area contributed by atoms with Gasteiger partial charge in [0.1, 0.15) is 18.0 Å². The van der Waals surface area contributed by atoms with Crippen LogP contribution in [0.2, 0.25) is 0 Å². The number of halogens is 1. The molecule has 0 saturated heterocycles. The molecule has 0 aliphatic carbocycles. The molecule has 1 aromatic heterocycles. The van der Waals surface area contributed by atoms with Gasteiger partial charge in [0.25, 0.3) is 0 Å². The first-order chi connectivity index (χ1) is 10.6. The van der Waals surface area contributed by atoms with Gasteiger partial charge in [-0.3, -0.25) is 0 Å². The maximum Gasteiger partial charge on any atom is 0.137 e. The molecule has 4 nitrogen and oxygen atoms in total. The van der Waals surface area contributed by atoms with E-state index in [4.69, 9.17) is 0 Å². The Hall–Kier alpha value is -2.53. The first-order valence-electron chi connectivity index (χ1n) is 7.02. The van der Waals surface area contributed by atoms with Gasteiger partial charge in [-0.25, -0.2) is 14.4 Å². The van der Waals surface area contributed by atoms with Gasteiger partial charge in [0.15, 0.2) is 0 Å². The van der Waals surface area contributed by atoms with Crippen molar-refractivity contribution in [2.24, 2.45) is 0 Å². The van der Waals surface area contributed by atoms with Gasteiger partial charge in [0, 0.05) is 11.9 Å². The predicted molar refractivity (Wildman–Crippen MR) is 84.1 cm³/mol. The Kier molecular flexibility index (Phi) is 3.98. The molecule has 0 aliphatic heterocycles. The second-order valence-corrected chi connectivity index (χ2v) is 5.19. The molecule has 5 heteroatoms. The molecule has 1 unspecified atom stereocenters. The van der Waals surface area contributed by atoms with Crippen LogP contribution >= 0.6 is 0 Å². The molecular weight excluding hydrogens is 281 g/mol. The Bertz CT molecular complexity index is 807. The van der Waals surface area contributed by atoms with Crippen molar-refractivity contribution in [2.75, 3.05) is 11.9 Å². The molecular formula is C17H16FN3O. The zero-order valence-corrected chi connectivity index (χ0v) is 12.1. The molecule has 0 fully saturated rings. The number of aryl methyl sites for hydroxylation is 1. The molecule has 0 spiro atoms. The standard InChI is InChI=1S/C17H16FN3O/c1-11-3-2-4-12(7-11)16(22)9-19-17-14-8-13(18)5-6-15(14)20-10-21-17/h2-8,10,16,22H,9H2,1H3,(H,19,20,21). The van der Waals surface area contributed by atoms with Crippen molar-refractivity contribution in [1.82, 2.24) is 9.97 Å². The zero-order chi connectivity index (χ0) is 15.5. The second-order valence-electron chi connectivity index (χ2n) is 5.19. The van der Waals surface area contributed by atoms with Crippen molar-refractivity contribution in [3.05, 3.63) is 65.7 Å². The summed E-state index contributed by atoms with van der Waals surface area (Å²) in [5, 5.41) is 13.9. The minimum absolute atomic E-state index is 0.284. The number of rotatable bonds is 4. The lowest BCUT2D eigenvalue weighted by Crippen LogP contribution is -2.13. The van der Waals surface area contributed by atoms with Gasteiger partial charge in [-0.1, -0.05) is 29.8 Å². The largest absolute Gasteiger partial charge is 0.387 e. The fourth-order valence-electron chi connectivity index (χ4n) is 2.36. The molecule has 3 rings (SSSR count). The van der Waals surface area contributed by atoms with E-state index in [9.17, 15) is 9.50 Å². The number of fused-ring (bicyclic) bond motifs is 1. The third-order valence-corrected chi connectivity index (χ3v) is 3.49. The number of nitrogens with one attached hydrogen (secondary N) is 1. The van der Waals surface area contributed by atoms with Crippen LogP contribution in [0.15, 0.2) is 48.8 Å². The van der Waals surface area contributed by atoms with Crippen LogP contribution in [0.4, 0.5) is 10.2 Å². The van der Waals surface area contributed by atoms with E-state index in [0.717, 1.165) is 11.1 Å².